The first-order chi connectivity index (χ1) is 12.8. The van der Waals surface area contributed by atoms with Gasteiger partial charge in [-0.2, -0.15) is 0 Å². The Kier molecular flexibility index (Phi) is 5.29. The molecule has 0 spiro atoms. The quantitative estimate of drug-likeness (QED) is 0.496. The summed E-state index contributed by atoms with van der Waals surface area (Å²) in [5, 5.41) is 0.0421. The molecule has 0 aliphatic heterocycles. The second-order valence-electron chi connectivity index (χ2n) is 5.49. The highest BCUT2D eigenvalue weighted by molar-refractivity contribution is 7.93. The van der Waals surface area contributed by atoms with Gasteiger partial charge in [-0.05, 0) is 49.4 Å². The number of benzene rings is 2. The summed E-state index contributed by atoms with van der Waals surface area (Å²) in [6.45, 7) is 1.18. The molecule has 0 amide bonds. The van der Waals surface area contributed by atoms with Crippen molar-refractivity contribution in [1.29, 1.82) is 0 Å². The number of nitrogens with zero attached hydrogens (tertiary/aromatic N) is 2. The molecule has 0 saturated carbocycles. The van der Waals surface area contributed by atoms with E-state index in [2.05, 4.69) is 4.98 Å². The zero-order chi connectivity index (χ0) is 19.6. The Morgan fingerprint density at radius 3 is 2.63 bits per heavy atom. The lowest BCUT2D eigenvalue weighted by molar-refractivity contribution is -0.141. The highest BCUT2D eigenvalue weighted by atomic mass is 32.2. The molecule has 3 rings (SSSR count). The Hall–Kier alpha value is -2.72. The topological polar surface area (TPSA) is 103 Å². The number of carbonyl (C=O) groups excluding carboxylic acids is 1. The Morgan fingerprint density at radius 2 is 1.96 bits per heavy atom. The van der Waals surface area contributed by atoms with Crippen molar-refractivity contribution < 1.29 is 22.3 Å². The van der Waals surface area contributed by atoms with Crippen LogP contribution in [-0.4, -0.2) is 32.5 Å². The fraction of sp³-hybridized carbons (Fsp3) is 0.176. The number of esters is 1. The molecule has 142 valence electrons. The summed E-state index contributed by atoms with van der Waals surface area (Å²) in [6, 6.07) is 9.52. The van der Waals surface area contributed by atoms with Crippen molar-refractivity contribution in [3.63, 3.8) is 0 Å². The molecule has 0 fully saturated rings. The van der Waals surface area contributed by atoms with Gasteiger partial charge < -0.3 is 10.5 Å². The summed E-state index contributed by atoms with van der Waals surface area (Å²) in [6.07, 6.45) is 0. The van der Waals surface area contributed by atoms with Crippen LogP contribution in [0.3, 0.4) is 0 Å². The van der Waals surface area contributed by atoms with E-state index in [0.29, 0.717) is 15.9 Å². The summed E-state index contributed by atoms with van der Waals surface area (Å²) < 4.78 is 45.9. The maximum absolute atomic E-state index is 13.5. The SMILES string of the molecule is CCOC(=O)CN(c1nc2ccc(F)cc2s1)S(=O)(=O)c1ccc(N)cc1. The van der Waals surface area contributed by atoms with Gasteiger partial charge in [0.1, 0.15) is 12.4 Å². The molecule has 3 aromatic rings. The van der Waals surface area contributed by atoms with Gasteiger partial charge in [0, 0.05) is 5.69 Å². The molecule has 0 bridgehead atoms. The number of nitrogens with two attached hydrogens (primary N) is 1. The van der Waals surface area contributed by atoms with Crippen LogP contribution in [0.1, 0.15) is 6.92 Å². The molecule has 0 unspecified atom stereocenters. The highest BCUT2D eigenvalue weighted by Crippen LogP contribution is 2.32. The normalized spacial score (nSPS) is 11.5. The smallest absolute Gasteiger partial charge is 0.326 e. The molecule has 7 nitrogen and oxygen atoms in total. The monoisotopic (exact) mass is 409 g/mol. The fourth-order valence-electron chi connectivity index (χ4n) is 2.34. The van der Waals surface area contributed by atoms with E-state index < -0.39 is 28.4 Å². The average Bonchev–Trinajstić information content (AvgIpc) is 3.02. The summed E-state index contributed by atoms with van der Waals surface area (Å²) in [7, 11) is -4.11. The first-order valence-corrected chi connectivity index (χ1v) is 10.2. The molecule has 2 aromatic carbocycles. The second kappa shape index (κ2) is 7.49. The number of ether oxygens (including phenoxy) is 1. The Balaban J connectivity index is 2.09. The molecular formula is C17H16FN3O4S2. The third-order valence-electron chi connectivity index (χ3n) is 3.60. The molecule has 10 heteroatoms. The molecule has 0 aliphatic rings. The van der Waals surface area contributed by atoms with Gasteiger partial charge in [-0.25, -0.2) is 22.1 Å². The number of hydrogen-bond acceptors (Lipinski definition) is 7. The molecule has 27 heavy (non-hydrogen) atoms. The first kappa shape index (κ1) is 19.1. The number of hydrogen-bond donors (Lipinski definition) is 1. The number of halogens is 1. The Labute approximate surface area is 159 Å². The van der Waals surface area contributed by atoms with Gasteiger partial charge in [-0.15, -0.1) is 0 Å². The van der Waals surface area contributed by atoms with Crippen LogP contribution >= 0.6 is 11.3 Å². The van der Waals surface area contributed by atoms with Crippen molar-refractivity contribution >= 4 is 48.4 Å². The molecule has 0 radical (unpaired) electrons. The second-order valence-corrected chi connectivity index (χ2v) is 8.37. The van der Waals surface area contributed by atoms with Crippen molar-refractivity contribution in [3.05, 3.63) is 48.3 Å². The molecule has 1 heterocycles. The van der Waals surface area contributed by atoms with Gasteiger partial charge in [-0.1, -0.05) is 11.3 Å². The maximum atomic E-state index is 13.5. The summed E-state index contributed by atoms with van der Waals surface area (Å²) in [5.74, 6) is -1.18. The highest BCUT2D eigenvalue weighted by Gasteiger charge is 2.30. The lowest BCUT2D eigenvalue weighted by Gasteiger charge is -2.20. The van der Waals surface area contributed by atoms with Gasteiger partial charge in [0.2, 0.25) is 5.13 Å². The van der Waals surface area contributed by atoms with E-state index in [4.69, 9.17) is 10.5 Å². The van der Waals surface area contributed by atoms with Crippen molar-refractivity contribution in [2.45, 2.75) is 11.8 Å². The van der Waals surface area contributed by atoms with Crippen LogP contribution in [0.2, 0.25) is 0 Å². The van der Waals surface area contributed by atoms with E-state index in [1.165, 1.54) is 42.5 Å². The van der Waals surface area contributed by atoms with Crippen molar-refractivity contribution in [2.24, 2.45) is 0 Å². The number of aromatic nitrogens is 1. The maximum Gasteiger partial charge on any atom is 0.326 e. The summed E-state index contributed by atoms with van der Waals surface area (Å²) >= 11 is 0.967. The van der Waals surface area contributed by atoms with Gasteiger partial charge in [0.05, 0.1) is 21.7 Å². The number of rotatable bonds is 6. The number of nitrogen functional groups attached to an aromatic ring is 1. The van der Waals surface area contributed by atoms with Crippen LogP contribution in [0, 0.1) is 5.82 Å². The van der Waals surface area contributed by atoms with E-state index in [-0.39, 0.29) is 16.6 Å². The molecule has 2 N–H and O–H groups in total. The van der Waals surface area contributed by atoms with E-state index in [1.807, 2.05) is 0 Å². The average molecular weight is 409 g/mol. The number of anilines is 2. The van der Waals surface area contributed by atoms with Crippen LogP contribution in [0.5, 0.6) is 0 Å². The summed E-state index contributed by atoms with van der Waals surface area (Å²) in [4.78, 5) is 16.2. The number of sulfonamides is 1. The first-order valence-electron chi connectivity index (χ1n) is 7.91. The molecule has 0 atom stereocenters. The zero-order valence-electron chi connectivity index (χ0n) is 14.3. The third kappa shape index (κ3) is 4.01. The fourth-order valence-corrected chi connectivity index (χ4v) is 4.90. The Bertz CT molecular complexity index is 1080. The van der Waals surface area contributed by atoms with E-state index >= 15 is 0 Å². The molecular weight excluding hydrogens is 393 g/mol. The van der Waals surface area contributed by atoms with Gasteiger partial charge >= 0.3 is 5.97 Å². The predicted octanol–water partition coefficient (Wildman–Crippen LogP) is 2.78. The lowest BCUT2D eigenvalue weighted by atomic mass is 10.3. The number of fused-ring (bicyclic) bond motifs is 1. The minimum Gasteiger partial charge on any atom is -0.465 e. The van der Waals surface area contributed by atoms with E-state index in [0.717, 1.165) is 15.6 Å². The summed E-state index contributed by atoms with van der Waals surface area (Å²) in [5.41, 5.74) is 6.45. The largest absolute Gasteiger partial charge is 0.465 e. The lowest BCUT2D eigenvalue weighted by Crippen LogP contribution is -2.36. The number of thiazole rings is 1. The minimum atomic E-state index is -4.11. The Morgan fingerprint density at radius 1 is 1.26 bits per heavy atom. The number of carbonyl (C=O) groups is 1. The van der Waals surface area contributed by atoms with E-state index in [9.17, 15) is 17.6 Å². The zero-order valence-corrected chi connectivity index (χ0v) is 15.9. The van der Waals surface area contributed by atoms with Crippen LogP contribution in [0.4, 0.5) is 15.2 Å². The van der Waals surface area contributed by atoms with Gasteiger partial charge in [0.25, 0.3) is 10.0 Å². The van der Waals surface area contributed by atoms with Crippen LogP contribution < -0.4 is 10.0 Å². The third-order valence-corrected chi connectivity index (χ3v) is 6.51. The predicted molar refractivity (Wildman–Crippen MR) is 102 cm³/mol. The van der Waals surface area contributed by atoms with Crippen molar-refractivity contribution in [2.75, 3.05) is 23.2 Å². The minimum absolute atomic E-state index is 0.0421. The van der Waals surface area contributed by atoms with Crippen molar-refractivity contribution in [1.82, 2.24) is 4.98 Å². The molecule has 0 saturated heterocycles. The van der Waals surface area contributed by atoms with Crippen LogP contribution in [-0.2, 0) is 19.6 Å². The van der Waals surface area contributed by atoms with E-state index in [1.54, 1.807) is 6.92 Å². The van der Waals surface area contributed by atoms with Crippen molar-refractivity contribution in [3.8, 4) is 0 Å². The van der Waals surface area contributed by atoms with Crippen LogP contribution in [0.15, 0.2) is 47.4 Å². The van der Waals surface area contributed by atoms with Gasteiger partial charge in [-0.3, -0.25) is 4.79 Å². The van der Waals surface area contributed by atoms with Gasteiger partial charge in [0.15, 0.2) is 0 Å². The molecule has 0 aliphatic carbocycles. The van der Waals surface area contributed by atoms with Crippen LogP contribution in [0.25, 0.3) is 10.2 Å². The molecule has 1 aromatic heterocycles. The standard InChI is InChI=1S/C17H16FN3O4S2/c1-2-25-16(22)10-21(27(23,24)13-6-4-12(19)5-7-13)17-20-14-8-3-11(18)9-15(14)26-17/h3-9H,2,10,19H2,1H3.